The van der Waals surface area contributed by atoms with E-state index in [-0.39, 0.29) is 0 Å². The zero-order chi connectivity index (χ0) is 6.97. The Hall–Kier alpha value is -0.960. The molecule has 0 aliphatic heterocycles. The molecular formula is C7H6N2S. The molecule has 2 nitrogen and oxygen atoms in total. The Morgan fingerprint density at radius 3 is 3.20 bits per heavy atom. The molecule has 0 aromatic carbocycles. The van der Waals surface area contributed by atoms with Crippen molar-refractivity contribution in [3.63, 3.8) is 0 Å². The van der Waals surface area contributed by atoms with Crippen LogP contribution in [0.4, 0.5) is 0 Å². The minimum atomic E-state index is 1.03. The zero-order valence-corrected chi connectivity index (χ0v) is 6.35. The standard InChI is InChI=1S/C7H6N2S/c1-5-7-6(4-10-5)2-3-8-9-7/h2-4H,1H3. The highest BCUT2D eigenvalue weighted by atomic mass is 32.1. The van der Waals surface area contributed by atoms with Gasteiger partial charge >= 0.3 is 0 Å². The summed E-state index contributed by atoms with van der Waals surface area (Å²) in [5.41, 5.74) is 1.03. The van der Waals surface area contributed by atoms with Gasteiger partial charge in [-0.05, 0) is 13.0 Å². The zero-order valence-electron chi connectivity index (χ0n) is 5.53. The summed E-state index contributed by atoms with van der Waals surface area (Å²) in [5, 5.41) is 11.1. The molecule has 0 spiro atoms. The van der Waals surface area contributed by atoms with Crippen LogP contribution in [0.3, 0.4) is 0 Å². The number of thiophene rings is 1. The fourth-order valence-electron chi connectivity index (χ4n) is 0.918. The minimum Gasteiger partial charge on any atom is -0.158 e. The highest BCUT2D eigenvalue weighted by molar-refractivity contribution is 7.11. The fraction of sp³-hybridized carbons (Fsp3) is 0.143. The van der Waals surface area contributed by atoms with Crippen molar-refractivity contribution in [1.82, 2.24) is 10.2 Å². The summed E-state index contributed by atoms with van der Waals surface area (Å²) >= 11 is 1.72. The summed E-state index contributed by atoms with van der Waals surface area (Å²) in [6, 6.07) is 1.98. The number of aryl methyl sites for hydroxylation is 1. The quantitative estimate of drug-likeness (QED) is 0.574. The first-order valence-electron chi connectivity index (χ1n) is 3.03. The molecule has 0 unspecified atom stereocenters. The van der Waals surface area contributed by atoms with Crippen molar-refractivity contribution in [3.8, 4) is 0 Å². The van der Waals surface area contributed by atoms with Crippen LogP contribution in [0.2, 0.25) is 0 Å². The maximum absolute atomic E-state index is 4.00. The largest absolute Gasteiger partial charge is 0.158 e. The van der Waals surface area contributed by atoms with E-state index in [4.69, 9.17) is 0 Å². The predicted octanol–water partition coefficient (Wildman–Crippen LogP) is 2.00. The highest BCUT2D eigenvalue weighted by Gasteiger charge is 1.98. The molecule has 0 saturated carbocycles. The molecule has 10 heavy (non-hydrogen) atoms. The Balaban J connectivity index is 2.93. The van der Waals surface area contributed by atoms with E-state index in [1.165, 1.54) is 10.3 Å². The van der Waals surface area contributed by atoms with E-state index in [0.29, 0.717) is 0 Å². The molecule has 0 aliphatic carbocycles. The molecular weight excluding hydrogens is 144 g/mol. The Morgan fingerprint density at radius 1 is 1.50 bits per heavy atom. The van der Waals surface area contributed by atoms with E-state index in [1.54, 1.807) is 17.5 Å². The third kappa shape index (κ3) is 0.708. The highest BCUT2D eigenvalue weighted by Crippen LogP contribution is 2.20. The molecule has 0 N–H and O–H groups in total. The third-order valence-corrected chi connectivity index (χ3v) is 2.37. The van der Waals surface area contributed by atoms with Gasteiger partial charge in [0.25, 0.3) is 0 Å². The second kappa shape index (κ2) is 2.02. The third-order valence-electron chi connectivity index (χ3n) is 1.45. The van der Waals surface area contributed by atoms with E-state index in [2.05, 4.69) is 22.5 Å². The van der Waals surface area contributed by atoms with E-state index in [0.717, 1.165) is 5.52 Å². The number of aromatic nitrogens is 2. The maximum atomic E-state index is 4.00. The van der Waals surface area contributed by atoms with Crippen LogP contribution in [0.1, 0.15) is 4.88 Å². The van der Waals surface area contributed by atoms with Gasteiger partial charge in [0.2, 0.25) is 0 Å². The lowest BCUT2D eigenvalue weighted by Crippen LogP contribution is -1.78. The smallest absolute Gasteiger partial charge is 0.107 e. The van der Waals surface area contributed by atoms with Crippen LogP contribution >= 0.6 is 11.3 Å². The van der Waals surface area contributed by atoms with Crippen molar-refractivity contribution in [2.45, 2.75) is 6.92 Å². The number of fused-ring (bicyclic) bond motifs is 1. The van der Waals surface area contributed by atoms with Crippen LogP contribution < -0.4 is 0 Å². The lowest BCUT2D eigenvalue weighted by Gasteiger charge is -1.84. The van der Waals surface area contributed by atoms with Gasteiger partial charge in [0.05, 0.1) is 6.20 Å². The van der Waals surface area contributed by atoms with Crippen molar-refractivity contribution >= 4 is 22.2 Å². The molecule has 0 bridgehead atoms. The predicted molar refractivity (Wildman–Crippen MR) is 42.2 cm³/mol. The van der Waals surface area contributed by atoms with Crippen molar-refractivity contribution in [1.29, 1.82) is 0 Å². The normalized spacial score (nSPS) is 10.5. The topological polar surface area (TPSA) is 25.8 Å². The van der Waals surface area contributed by atoms with Gasteiger partial charge in [0.1, 0.15) is 5.52 Å². The molecule has 0 amide bonds. The average Bonchev–Trinajstić information content (AvgIpc) is 2.34. The molecule has 2 heterocycles. The van der Waals surface area contributed by atoms with Crippen molar-refractivity contribution in [3.05, 3.63) is 22.5 Å². The van der Waals surface area contributed by atoms with Gasteiger partial charge in [0, 0.05) is 15.6 Å². The summed E-state index contributed by atoms with van der Waals surface area (Å²) in [4.78, 5) is 1.24. The van der Waals surface area contributed by atoms with Gasteiger partial charge in [-0.25, -0.2) is 0 Å². The van der Waals surface area contributed by atoms with Crippen LogP contribution in [0, 0.1) is 6.92 Å². The van der Waals surface area contributed by atoms with Crippen molar-refractivity contribution < 1.29 is 0 Å². The SMILES string of the molecule is Cc1scc2ccnnc12. The average molecular weight is 150 g/mol. The van der Waals surface area contributed by atoms with Gasteiger partial charge in [-0.3, -0.25) is 0 Å². The molecule has 0 fully saturated rings. The first-order chi connectivity index (χ1) is 4.88. The molecule has 0 radical (unpaired) electrons. The molecule has 2 aromatic rings. The molecule has 2 aromatic heterocycles. The molecule has 0 saturated heterocycles. The maximum Gasteiger partial charge on any atom is 0.107 e. The second-order valence-electron chi connectivity index (χ2n) is 2.13. The van der Waals surface area contributed by atoms with Crippen LogP contribution in [0.15, 0.2) is 17.6 Å². The number of rotatable bonds is 0. The Kier molecular flexibility index (Phi) is 1.17. The molecule has 2 rings (SSSR count). The van der Waals surface area contributed by atoms with E-state index in [9.17, 15) is 0 Å². The van der Waals surface area contributed by atoms with E-state index >= 15 is 0 Å². The molecule has 0 atom stereocenters. The lowest BCUT2D eigenvalue weighted by molar-refractivity contribution is 1.07. The second-order valence-corrected chi connectivity index (χ2v) is 3.21. The first-order valence-corrected chi connectivity index (χ1v) is 3.91. The van der Waals surface area contributed by atoms with Gasteiger partial charge in [0.15, 0.2) is 0 Å². The molecule has 50 valence electrons. The summed E-state index contributed by atoms with van der Waals surface area (Å²) in [7, 11) is 0. The summed E-state index contributed by atoms with van der Waals surface area (Å²) < 4.78 is 0. The van der Waals surface area contributed by atoms with Gasteiger partial charge in [-0.1, -0.05) is 0 Å². The van der Waals surface area contributed by atoms with Gasteiger partial charge in [-0.15, -0.1) is 16.4 Å². The summed E-state index contributed by atoms with van der Waals surface area (Å²) in [5.74, 6) is 0. The van der Waals surface area contributed by atoms with Crippen LogP contribution in [0.5, 0.6) is 0 Å². The molecule has 3 heteroatoms. The van der Waals surface area contributed by atoms with Crippen molar-refractivity contribution in [2.24, 2.45) is 0 Å². The van der Waals surface area contributed by atoms with E-state index in [1.807, 2.05) is 6.07 Å². The van der Waals surface area contributed by atoms with Crippen LogP contribution in [0.25, 0.3) is 10.9 Å². The monoisotopic (exact) mass is 150 g/mol. The molecule has 0 aliphatic rings. The number of nitrogens with zero attached hydrogens (tertiary/aromatic N) is 2. The Labute approximate surface area is 62.5 Å². The van der Waals surface area contributed by atoms with Crippen LogP contribution in [-0.2, 0) is 0 Å². The minimum absolute atomic E-state index is 1.03. The van der Waals surface area contributed by atoms with Crippen molar-refractivity contribution in [2.75, 3.05) is 0 Å². The number of hydrogen-bond donors (Lipinski definition) is 0. The van der Waals surface area contributed by atoms with Gasteiger partial charge < -0.3 is 0 Å². The number of hydrogen-bond acceptors (Lipinski definition) is 3. The first kappa shape index (κ1) is 5.80. The van der Waals surface area contributed by atoms with Gasteiger partial charge in [-0.2, -0.15) is 5.10 Å². The summed E-state index contributed by atoms with van der Waals surface area (Å²) in [6.45, 7) is 2.06. The Bertz CT molecular complexity index is 353. The Morgan fingerprint density at radius 2 is 2.40 bits per heavy atom. The fourth-order valence-corrected chi connectivity index (χ4v) is 1.68. The summed E-state index contributed by atoms with van der Waals surface area (Å²) in [6.07, 6.45) is 1.72. The lowest BCUT2D eigenvalue weighted by atomic mass is 10.3. The van der Waals surface area contributed by atoms with Crippen LogP contribution in [-0.4, -0.2) is 10.2 Å². The van der Waals surface area contributed by atoms with E-state index < -0.39 is 0 Å².